The number of nitrogens with zero attached hydrogens (tertiary/aromatic N) is 1. The summed E-state index contributed by atoms with van der Waals surface area (Å²) in [5.74, 6) is -0.631. The number of urea groups is 1. The van der Waals surface area contributed by atoms with E-state index in [1.54, 1.807) is 4.90 Å². The normalized spacial score (nSPS) is 18.5. The zero-order chi connectivity index (χ0) is 15.6. The van der Waals surface area contributed by atoms with Gasteiger partial charge in [0.15, 0.2) is 0 Å². The number of carboxylic acids is 1. The molecule has 2 rings (SSSR count). The van der Waals surface area contributed by atoms with Gasteiger partial charge in [-0.1, -0.05) is 32.0 Å². The zero-order valence-electron chi connectivity index (χ0n) is 12.7. The van der Waals surface area contributed by atoms with E-state index in [1.807, 2.05) is 31.2 Å². The number of aliphatic carboxylic acids is 1. The Bertz CT molecular complexity index is 542. The molecule has 21 heavy (non-hydrogen) atoms. The number of carbonyl (C=O) groups is 2. The first-order chi connectivity index (χ1) is 9.90. The molecular formula is C16H22N2O3. The van der Waals surface area contributed by atoms with Crippen LogP contribution in [0.5, 0.6) is 0 Å². The molecule has 2 unspecified atom stereocenters. The van der Waals surface area contributed by atoms with Crippen molar-refractivity contribution in [3.8, 4) is 0 Å². The quantitative estimate of drug-likeness (QED) is 0.896. The van der Waals surface area contributed by atoms with E-state index >= 15 is 0 Å². The summed E-state index contributed by atoms with van der Waals surface area (Å²) in [4.78, 5) is 25.1. The summed E-state index contributed by atoms with van der Waals surface area (Å²) in [6.07, 6.45) is 0.0422. The number of anilines is 1. The third-order valence-corrected chi connectivity index (χ3v) is 4.09. The molecule has 0 saturated carbocycles. The van der Waals surface area contributed by atoms with Crippen LogP contribution in [-0.4, -0.2) is 29.7 Å². The SMILES string of the molecule is CC(C)C(C)NC(=O)N1CC(CC(=O)O)c2ccccc21. The third-order valence-electron chi connectivity index (χ3n) is 4.09. The van der Waals surface area contributed by atoms with E-state index < -0.39 is 5.97 Å². The second kappa shape index (κ2) is 6.16. The van der Waals surface area contributed by atoms with E-state index in [0.717, 1.165) is 11.3 Å². The summed E-state index contributed by atoms with van der Waals surface area (Å²) in [6.45, 7) is 6.49. The number of hydrogen-bond acceptors (Lipinski definition) is 2. The molecule has 0 fully saturated rings. The smallest absolute Gasteiger partial charge is 0.322 e. The van der Waals surface area contributed by atoms with Gasteiger partial charge >= 0.3 is 12.0 Å². The van der Waals surface area contributed by atoms with E-state index in [4.69, 9.17) is 5.11 Å². The fraction of sp³-hybridized carbons (Fsp3) is 0.500. The highest BCUT2D eigenvalue weighted by Crippen LogP contribution is 2.37. The van der Waals surface area contributed by atoms with Crippen LogP contribution in [0.1, 0.15) is 38.7 Å². The van der Waals surface area contributed by atoms with E-state index in [0.29, 0.717) is 12.5 Å². The lowest BCUT2D eigenvalue weighted by Gasteiger charge is -2.23. The third kappa shape index (κ3) is 3.35. The van der Waals surface area contributed by atoms with Gasteiger partial charge in [0.2, 0.25) is 0 Å². The van der Waals surface area contributed by atoms with Crippen LogP contribution >= 0.6 is 0 Å². The Kier molecular flexibility index (Phi) is 4.50. The monoisotopic (exact) mass is 290 g/mol. The number of hydrogen-bond donors (Lipinski definition) is 2. The zero-order valence-corrected chi connectivity index (χ0v) is 12.7. The van der Waals surface area contributed by atoms with Crippen molar-refractivity contribution in [1.29, 1.82) is 0 Å². The summed E-state index contributed by atoms with van der Waals surface area (Å²) >= 11 is 0. The molecule has 0 radical (unpaired) electrons. The predicted molar refractivity (Wildman–Crippen MR) is 81.6 cm³/mol. The lowest BCUT2D eigenvalue weighted by Crippen LogP contribution is -2.45. The molecule has 0 spiro atoms. The van der Waals surface area contributed by atoms with Crippen molar-refractivity contribution in [2.75, 3.05) is 11.4 Å². The summed E-state index contributed by atoms with van der Waals surface area (Å²) in [7, 11) is 0. The van der Waals surface area contributed by atoms with Gasteiger partial charge in [0, 0.05) is 24.2 Å². The number of carboxylic acid groups (broad SMARTS) is 1. The molecule has 0 saturated heterocycles. The highest BCUT2D eigenvalue weighted by Gasteiger charge is 2.33. The maximum Gasteiger partial charge on any atom is 0.322 e. The molecule has 2 N–H and O–H groups in total. The summed E-state index contributed by atoms with van der Waals surface area (Å²) in [5.41, 5.74) is 1.75. The van der Waals surface area contributed by atoms with Gasteiger partial charge in [-0.05, 0) is 24.5 Å². The van der Waals surface area contributed by atoms with Crippen LogP contribution in [0.2, 0.25) is 0 Å². The Morgan fingerprint density at radius 1 is 1.33 bits per heavy atom. The van der Waals surface area contributed by atoms with Gasteiger partial charge < -0.3 is 10.4 Å². The van der Waals surface area contributed by atoms with Crippen molar-refractivity contribution < 1.29 is 14.7 Å². The van der Waals surface area contributed by atoms with E-state index in [-0.39, 0.29) is 24.4 Å². The lowest BCUT2D eigenvalue weighted by molar-refractivity contribution is -0.137. The number of rotatable bonds is 4. The van der Waals surface area contributed by atoms with Gasteiger partial charge in [0.05, 0.1) is 6.42 Å². The lowest BCUT2D eigenvalue weighted by atomic mass is 9.98. The van der Waals surface area contributed by atoms with Gasteiger partial charge in [0.1, 0.15) is 0 Å². The Labute approximate surface area is 125 Å². The second-order valence-corrected chi connectivity index (χ2v) is 5.95. The van der Waals surface area contributed by atoms with Crippen LogP contribution in [0.25, 0.3) is 0 Å². The standard InChI is InChI=1S/C16H22N2O3/c1-10(2)11(3)17-16(21)18-9-12(8-15(19)20)13-6-4-5-7-14(13)18/h4-7,10-12H,8-9H2,1-3H3,(H,17,21)(H,19,20). The van der Waals surface area contributed by atoms with Gasteiger partial charge in [0.25, 0.3) is 0 Å². The topological polar surface area (TPSA) is 69.6 Å². The van der Waals surface area contributed by atoms with Crippen molar-refractivity contribution >= 4 is 17.7 Å². The van der Waals surface area contributed by atoms with Crippen molar-refractivity contribution in [2.45, 2.75) is 39.2 Å². The Morgan fingerprint density at radius 2 is 2.00 bits per heavy atom. The van der Waals surface area contributed by atoms with Crippen molar-refractivity contribution in [3.63, 3.8) is 0 Å². The molecule has 1 aliphatic heterocycles. The summed E-state index contributed by atoms with van der Waals surface area (Å²) in [5, 5.41) is 12.0. The highest BCUT2D eigenvalue weighted by atomic mass is 16.4. The fourth-order valence-electron chi connectivity index (χ4n) is 2.51. The molecule has 2 amide bonds. The average Bonchev–Trinajstić information content (AvgIpc) is 2.77. The van der Waals surface area contributed by atoms with Crippen LogP contribution < -0.4 is 10.2 Å². The number of carbonyl (C=O) groups excluding carboxylic acids is 1. The van der Waals surface area contributed by atoms with Crippen molar-refractivity contribution in [2.24, 2.45) is 5.92 Å². The number of amides is 2. The molecule has 1 aromatic carbocycles. The molecular weight excluding hydrogens is 268 g/mol. The van der Waals surface area contributed by atoms with E-state index in [1.165, 1.54) is 0 Å². The molecule has 0 aromatic heterocycles. The number of para-hydroxylation sites is 1. The molecule has 1 heterocycles. The first-order valence-corrected chi connectivity index (χ1v) is 7.29. The van der Waals surface area contributed by atoms with E-state index in [2.05, 4.69) is 19.2 Å². The molecule has 0 aliphatic carbocycles. The maximum absolute atomic E-state index is 12.4. The summed E-state index contributed by atoms with van der Waals surface area (Å²) < 4.78 is 0. The number of benzene rings is 1. The Hall–Kier alpha value is -2.04. The predicted octanol–water partition coefficient (Wildman–Crippen LogP) is 2.82. The average molecular weight is 290 g/mol. The fourth-order valence-corrected chi connectivity index (χ4v) is 2.51. The van der Waals surface area contributed by atoms with Crippen LogP contribution in [-0.2, 0) is 4.79 Å². The summed E-state index contributed by atoms with van der Waals surface area (Å²) in [6, 6.07) is 7.44. The van der Waals surface area contributed by atoms with Crippen molar-refractivity contribution in [3.05, 3.63) is 29.8 Å². The minimum atomic E-state index is -0.840. The molecule has 5 nitrogen and oxygen atoms in total. The second-order valence-electron chi connectivity index (χ2n) is 5.95. The number of nitrogens with one attached hydrogen (secondary N) is 1. The molecule has 5 heteroatoms. The van der Waals surface area contributed by atoms with Gasteiger partial charge in [-0.3, -0.25) is 9.69 Å². The minimum Gasteiger partial charge on any atom is -0.481 e. The molecule has 0 bridgehead atoms. The Balaban J connectivity index is 2.18. The van der Waals surface area contributed by atoms with Gasteiger partial charge in [-0.25, -0.2) is 4.79 Å². The molecule has 114 valence electrons. The molecule has 1 aromatic rings. The van der Waals surface area contributed by atoms with E-state index in [9.17, 15) is 9.59 Å². The van der Waals surface area contributed by atoms with Crippen LogP contribution in [0.3, 0.4) is 0 Å². The number of fused-ring (bicyclic) bond motifs is 1. The van der Waals surface area contributed by atoms with Crippen molar-refractivity contribution in [1.82, 2.24) is 5.32 Å². The maximum atomic E-state index is 12.4. The highest BCUT2D eigenvalue weighted by molar-refractivity contribution is 5.95. The first-order valence-electron chi connectivity index (χ1n) is 7.29. The Morgan fingerprint density at radius 3 is 2.62 bits per heavy atom. The van der Waals surface area contributed by atoms with Crippen LogP contribution in [0, 0.1) is 5.92 Å². The van der Waals surface area contributed by atoms with Gasteiger partial charge in [-0.2, -0.15) is 0 Å². The largest absolute Gasteiger partial charge is 0.481 e. The molecule has 1 aliphatic rings. The molecule has 2 atom stereocenters. The van der Waals surface area contributed by atoms with Crippen LogP contribution in [0.15, 0.2) is 24.3 Å². The van der Waals surface area contributed by atoms with Crippen LogP contribution in [0.4, 0.5) is 10.5 Å². The minimum absolute atomic E-state index is 0.0422. The first kappa shape index (κ1) is 15.4. The van der Waals surface area contributed by atoms with Gasteiger partial charge in [-0.15, -0.1) is 0 Å².